The summed E-state index contributed by atoms with van der Waals surface area (Å²) in [4.78, 5) is 3.56. The van der Waals surface area contributed by atoms with E-state index in [1.165, 1.54) is 10.9 Å². The van der Waals surface area contributed by atoms with Crippen molar-refractivity contribution in [1.82, 2.24) is 4.98 Å². The van der Waals surface area contributed by atoms with Crippen molar-refractivity contribution in [2.75, 3.05) is 14.2 Å². The summed E-state index contributed by atoms with van der Waals surface area (Å²) in [6.07, 6.45) is 0. The van der Waals surface area contributed by atoms with Gasteiger partial charge in [0.25, 0.3) is 0 Å². The number of aromatic amines is 1. The van der Waals surface area contributed by atoms with Crippen LogP contribution in [0.4, 0.5) is 0 Å². The standard InChI is InChI=1S/C20H22ClNO2/c1-11(2)19-14-10-15(21)12(3)8-16(14)22-20(19)13-6-7-17(23-4)18(9-13)24-5/h6-11,22H,1-5H3. The number of ether oxygens (including phenoxy) is 2. The average molecular weight is 344 g/mol. The number of hydrogen-bond acceptors (Lipinski definition) is 2. The Kier molecular flexibility index (Phi) is 4.46. The van der Waals surface area contributed by atoms with E-state index in [1.54, 1.807) is 14.2 Å². The van der Waals surface area contributed by atoms with E-state index in [0.29, 0.717) is 5.92 Å². The van der Waals surface area contributed by atoms with Gasteiger partial charge in [0.15, 0.2) is 11.5 Å². The van der Waals surface area contributed by atoms with Crippen LogP contribution in [0.3, 0.4) is 0 Å². The number of H-pyrrole nitrogens is 1. The Bertz CT molecular complexity index is 896. The number of halogens is 1. The van der Waals surface area contributed by atoms with Crippen LogP contribution in [-0.4, -0.2) is 19.2 Å². The molecule has 0 unspecified atom stereocenters. The quantitative estimate of drug-likeness (QED) is 0.636. The van der Waals surface area contributed by atoms with Crippen LogP contribution in [0.2, 0.25) is 5.02 Å². The molecule has 3 nitrogen and oxygen atoms in total. The lowest BCUT2D eigenvalue weighted by Gasteiger charge is -2.12. The number of methoxy groups -OCH3 is 2. The molecule has 0 spiro atoms. The summed E-state index contributed by atoms with van der Waals surface area (Å²) in [5.74, 6) is 1.81. The van der Waals surface area contributed by atoms with Crippen LogP contribution in [0, 0.1) is 6.92 Å². The first kappa shape index (κ1) is 16.7. The molecule has 3 rings (SSSR count). The normalized spacial score (nSPS) is 11.3. The molecule has 24 heavy (non-hydrogen) atoms. The van der Waals surface area contributed by atoms with Crippen molar-refractivity contribution in [2.45, 2.75) is 26.7 Å². The first-order chi connectivity index (χ1) is 11.5. The monoisotopic (exact) mass is 343 g/mol. The fourth-order valence-corrected chi connectivity index (χ4v) is 3.33. The predicted octanol–water partition coefficient (Wildman–Crippen LogP) is 5.94. The summed E-state index contributed by atoms with van der Waals surface area (Å²) in [5, 5.41) is 1.97. The molecule has 0 fully saturated rings. The van der Waals surface area contributed by atoms with E-state index in [4.69, 9.17) is 21.1 Å². The number of rotatable bonds is 4. The van der Waals surface area contributed by atoms with Gasteiger partial charge in [-0.15, -0.1) is 0 Å². The van der Waals surface area contributed by atoms with Crippen LogP contribution in [-0.2, 0) is 0 Å². The first-order valence-corrected chi connectivity index (χ1v) is 8.38. The van der Waals surface area contributed by atoms with Gasteiger partial charge in [-0.2, -0.15) is 0 Å². The molecule has 4 heteroatoms. The number of hydrogen-bond donors (Lipinski definition) is 1. The molecule has 1 aromatic heterocycles. The molecule has 0 saturated carbocycles. The van der Waals surface area contributed by atoms with Crippen molar-refractivity contribution < 1.29 is 9.47 Å². The second kappa shape index (κ2) is 6.40. The largest absolute Gasteiger partial charge is 0.493 e. The molecular weight excluding hydrogens is 322 g/mol. The molecule has 0 aliphatic rings. The van der Waals surface area contributed by atoms with Gasteiger partial charge < -0.3 is 14.5 Å². The molecule has 0 aliphatic heterocycles. The van der Waals surface area contributed by atoms with Crippen LogP contribution < -0.4 is 9.47 Å². The van der Waals surface area contributed by atoms with Crippen molar-refractivity contribution in [2.24, 2.45) is 0 Å². The maximum atomic E-state index is 6.36. The molecular formula is C20H22ClNO2. The van der Waals surface area contributed by atoms with Crippen molar-refractivity contribution in [1.29, 1.82) is 0 Å². The Morgan fingerprint density at radius 3 is 2.33 bits per heavy atom. The Morgan fingerprint density at radius 1 is 1.00 bits per heavy atom. The second-order valence-corrected chi connectivity index (χ2v) is 6.69. The molecule has 0 bridgehead atoms. The van der Waals surface area contributed by atoms with Crippen molar-refractivity contribution >= 4 is 22.5 Å². The highest BCUT2D eigenvalue weighted by Crippen LogP contribution is 2.40. The molecule has 126 valence electrons. The van der Waals surface area contributed by atoms with Gasteiger partial charge in [-0.1, -0.05) is 25.4 Å². The third-order valence-corrected chi connectivity index (χ3v) is 4.77. The Labute approximate surface area is 147 Å². The topological polar surface area (TPSA) is 34.2 Å². The molecule has 0 radical (unpaired) electrons. The summed E-state index contributed by atoms with van der Waals surface area (Å²) < 4.78 is 10.8. The molecule has 2 aromatic carbocycles. The summed E-state index contributed by atoms with van der Waals surface area (Å²) in [5.41, 5.74) is 5.60. The Morgan fingerprint density at radius 2 is 1.71 bits per heavy atom. The van der Waals surface area contributed by atoms with E-state index in [1.807, 2.05) is 25.1 Å². The van der Waals surface area contributed by atoms with E-state index in [9.17, 15) is 0 Å². The SMILES string of the molecule is COc1ccc(-c2[nH]c3cc(C)c(Cl)cc3c2C(C)C)cc1OC. The zero-order valence-corrected chi connectivity index (χ0v) is 15.4. The number of nitrogens with one attached hydrogen (secondary N) is 1. The van der Waals surface area contributed by atoms with E-state index < -0.39 is 0 Å². The summed E-state index contributed by atoms with van der Waals surface area (Å²) in [6.45, 7) is 6.41. The van der Waals surface area contributed by atoms with Gasteiger partial charge in [0, 0.05) is 21.5 Å². The van der Waals surface area contributed by atoms with Crippen molar-refractivity contribution in [3.8, 4) is 22.8 Å². The van der Waals surface area contributed by atoms with Crippen molar-refractivity contribution in [3.63, 3.8) is 0 Å². The fraction of sp³-hybridized carbons (Fsp3) is 0.300. The molecule has 1 heterocycles. The number of aryl methyl sites for hydroxylation is 1. The molecule has 0 saturated heterocycles. The zero-order chi connectivity index (χ0) is 17.4. The van der Waals surface area contributed by atoms with E-state index in [2.05, 4.69) is 31.0 Å². The Hall–Kier alpha value is -2.13. The summed E-state index contributed by atoms with van der Waals surface area (Å²) in [7, 11) is 3.30. The van der Waals surface area contributed by atoms with Gasteiger partial charge in [0.05, 0.1) is 19.9 Å². The van der Waals surface area contributed by atoms with Gasteiger partial charge in [-0.3, -0.25) is 0 Å². The van der Waals surface area contributed by atoms with Gasteiger partial charge >= 0.3 is 0 Å². The lowest BCUT2D eigenvalue weighted by molar-refractivity contribution is 0.355. The van der Waals surface area contributed by atoms with Gasteiger partial charge in [-0.05, 0) is 54.3 Å². The third kappa shape index (κ3) is 2.73. The van der Waals surface area contributed by atoms with E-state index in [-0.39, 0.29) is 0 Å². The van der Waals surface area contributed by atoms with Crippen LogP contribution >= 0.6 is 11.6 Å². The van der Waals surface area contributed by atoms with Gasteiger partial charge in [0.2, 0.25) is 0 Å². The predicted molar refractivity (Wildman–Crippen MR) is 101 cm³/mol. The molecule has 3 aromatic rings. The number of fused-ring (bicyclic) bond motifs is 1. The lowest BCUT2D eigenvalue weighted by Crippen LogP contribution is -1.93. The molecule has 1 N–H and O–H groups in total. The minimum absolute atomic E-state index is 0.362. The zero-order valence-electron chi connectivity index (χ0n) is 14.7. The lowest BCUT2D eigenvalue weighted by atomic mass is 9.95. The minimum atomic E-state index is 0.362. The number of aromatic nitrogens is 1. The fourth-order valence-electron chi connectivity index (χ4n) is 3.16. The molecule has 0 amide bonds. The second-order valence-electron chi connectivity index (χ2n) is 6.29. The maximum Gasteiger partial charge on any atom is 0.161 e. The Balaban J connectivity index is 2.27. The average Bonchev–Trinajstić information content (AvgIpc) is 2.93. The van der Waals surface area contributed by atoms with Gasteiger partial charge in [-0.25, -0.2) is 0 Å². The summed E-state index contributed by atoms with van der Waals surface area (Å²) >= 11 is 6.36. The maximum absolute atomic E-state index is 6.36. The van der Waals surface area contributed by atoms with Crippen molar-refractivity contribution in [3.05, 3.63) is 46.5 Å². The van der Waals surface area contributed by atoms with E-state index in [0.717, 1.165) is 38.9 Å². The van der Waals surface area contributed by atoms with E-state index >= 15 is 0 Å². The molecule has 0 atom stereocenters. The van der Waals surface area contributed by atoms with Crippen LogP contribution in [0.15, 0.2) is 30.3 Å². The van der Waals surface area contributed by atoms with Gasteiger partial charge in [0.1, 0.15) is 0 Å². The highest BCUT2D eigenvalue weighted by atomic mass is 35.5. The van der Waals surface area contributed by atoms with Crippen LogP contribution in [0.25, 0.3) is 22.2 Å². The first-order valence-electron chi connectivity index (χ1n) is 8.00. The highest BCUT2D eigenvalue weighted by molar-refractivity contribution is 6.32. The third-order valence-electron chi connectivity index (χ3n) is 4.37. The smallest absolute Gasteiger partial charge is 0.161 e. The number of benzene rings is 2. The minimum Gasteiger partial charge on any atom is -0.493 e. The van der Waals surface area contributed by atoms with Crippen LogP contribution in [0.1, 0.15) is 30.9 Å². The molecule has 0 aliphatic carbocycles. The summed E-state index contributed by atoms with van der Waals surface area (Å²) in [6, 6.07) is 10.1. The highest BCUT2D eigenvalue weighted by Gasteiger charge is 2.18. The van der Waals surface area contributed by atoms with Crippen LogP contribution in [0.5, 0.6) is 11.5 Å².